The second kappa shape index (κ2) is 7.94. The van der Waals surface area contributed by atoms with Crippen LogP contribution < -0.4 is 20.1 Å². The average molecular weight is 370 g/mol. The van der Waals surface area contributed by atoms with Crippen molar-refractivity contribution in [2.45, 2.75) is 13.8 Å². The summed E-state index contributed by atoms with van der Waals surface area (Å²) in [4.78, 5) is 24.0. The highest BCUT2D eigenvalue weighted by Crippen LogP contribution is 2.31. The number of amides is 2. The van der Waals surface area contributed by atoms with E-state index in [0.717, 1.165) is 17.0 Å². The van der Waals surface area contributed by atoms with Gasteiger partial charge in [-0.15, -0.1) is 0 Å². The third-order valence-corrected chi connectivity index (χ3v) is 4.19. The van der Waals surface area contributed by atoms with E-state index < -0.39 is 0 Å². The van der Waals surface area contributed by atoms with E-state index in [0.29, 0.717) is 30.4 Å². The molecule has 0 radical (unpaired) electrons. The van der Waals surface area contributed by atoms with Crippen LogP contribution in [0.15, 0.2) is 24.3 Å². The van der Waals surface area contributed by atoms with Gasteiger partial charge < -0.3 is 20.1 Å². The van der Waals surface area contributed by atoms with Crippen molar-refractivity contribution in [1.82, 2.24) is 15.1 Å². The summed E-state index contributed by atoms with van der Waals surface area (Å²) in [6, 6.07) is 5.44. The predicted molar refractivity (Wildman–Crippen MR) is 101 cm³/mol. The molecule has 0 aliphatic carbocycles. The first-order valence-electron chi connectivity index (χ1n) is 8.59. The molecule has 2 N–H and O–H groups in total. The fourth-order valence-electron chi connectivity index (χ4n) is 2.70. The van der Waals surface area contributed by atoms with Crippen LogP contribution in [0.25, 0.3) is 6.08 Å². The first-order valence-corrected chi connectivity index (χ1v) is 8.59. The van der Waals surface area contributed by atoms with Crippen LogP contribution in [0, 0.1) is 13.8 Å². The zero-order chi connectivity index (χ0) is 19.4. The molecule has 142 valence electrons. The Morgan fingerprint density at radius 3 is 2.67 bits per heavy atom. The molecule has 0 atom stereocenters. The van der Waals surface area contributed by atoms with Crippen molar-refractivity contribution in [3.8, 4) is 11.5 Å². The Kier molecular flexibility index (Phi) is 5.44. The Labute approximate surface area is 157 Å². The minimum absolute atomic E-state index is 0.127. The van der Waals surface area contributed by atoms with Gasteiger partial charge in [0.05, 0.1) is 23.6 Å². The van der Waals surface area contributed by atoms with Crippen LogP contribution in [-0.2, 0) is 16.6 Å². The number of nitrogens with one attached hydrogen (secondary N) is 2. The smallest absolute Gasteiger partial charge is 0.244 e. The lowest BCUT2D eigenvalue weighted by Crippen LogP contribution is -2.31. The third kappa shape index (κ3) is 4.46. The highest BCUT2D eigenvalue weighted by molar-refractivity contribution is 5.98. The lowest BCUT2D eigenvalue weighted by molar-refractivity contribution is -0.121. The molecule has 27 heavy (non-hydrogen) atoms. The van der Waals surface area contributed by atoms with E-state index in [4.69, 9.17) is 9.47 Å². The second-order valence-electron chi connectivity index (χ2n) is 6.17. The van der Waals surface area contributed by atoms with Crippen LogP contribution in [0.1, 0.15) is 17.0 Å². The molecule has 0 saturated heterocycles. The standard InChI is InChI=1S/C19H22N4O4/c1-12-19(13(2)23(3)22-12)21-18(25)11-20-17(24)7-5-14-4-6-15-16(10-14)27-9-8-26-15/h4-7,10H,8-9,11H2,1-3H3,(H,20,24)(H,21,25)/b7-5+. The van der Waals surface area contributed by atoms with Gasteiger partial charge in [0.25, 0.3) is 0 Å². The molecule has 1 aromatic heterocycles. The summed E-state index contributed by atoms with van der Waals surface area (Å²) in [5.41, 5.74) is 3.06. The molecule has 3 rings (SSSR count). The van der Waals surface area contributed by atoms with Gasteiger partial charge in [-0.2, -0.15) is 5.10 Å². The first-order chi connectivity index (χ1) is 12.9. The number of nitrogens with zero attached hydrogens (tertiary/aromatic N) is 2. The first kappa shape index (κ1) is 18.5. The fourth-order valence-corrected chi connectivity index (χ4v) is 2.70. The summed E-state index contributed by atoms with van der Waals surface area (Å²) < 4.78 is 12.7. The normalized spacial score (nSPS) is 12.9. The van der Waals surface area contributed by atoms with E-state index in [-0.39, 0.29) is 18.4 Å². The number of rotatable bonds is 5. The van der Waals surface area contributed by atoms with E-state index >= 15 is 0 Å². The number of ether oxygens (including phenoxy) is 2. The van der Waals surface area contributed by atoms with Gasteiger partial charge in [-0.05, 0) is 37.6 Å². The summed E-state index contributed by atoms with van der Waals surface area (Å²) in [5, 5.41) is 9.57. The number of fused-ring (bicyclic) bond motifs is 1. The van der Waals surface area contributed by atoms with Crippen molar-refractivity contribution in [3.63, 3.8) is 0 Å². The van der Waals surface area contributed by atoms with Gasteiger partial charge in [0.15, 0.2) is 11.5 Å². The van der Waals surface area contributed by atoms with Crippen molar-refractivity contribution in [2.24, 2.45) is 7.05 Å². The molecule has 1 aliphatic heterocycles. The van der Waals surface area contributed by atoms with Gasteiger partial charge in [0.1, 0.15) is 13.2 Å². The number of aryl methyl sites for hydroxylation is 2. The van der Waals surface area contributed by atoms with Crippen LogP contribution in [-0.4, -0.2) is 41.4 Å². The van der Waals surface area contributed by atoms with Gasteiger partial charge in [-0.3, -0.25) is 14.3 Å². The lowest BCUT2D eigenvalue weighted by atomic mass is 10.2. The number of hydrogen-bond acceptors (Lipinski definition) is 5. The van der Waals surface area contributed by atoms with Gasteiger partial charge in [-0.1, -0.05) is 6.07 Å². The van der Waals surface area contributed by atoms with Crippen molar-refractivity contribution < 1.29 is 19.1 Å². The summed E-state index contributed by atoms with van der Waals surface area (Å²) in [6.07, 6.45) is 3.03. The largest absolute Gasteiger partial charge is 0.486 e. The SMILES string of the molecule is Cc1nn(C)c(C)c1NC(=O)CNC(=O)/C=C/c1ccc2c(c1)OCCO2. The van der Waals surface area contributed by atoms with E-state index in [1.165, 1.54) is 6.08 Å². The Bertz CT molecular complexity index is 901. The van der Waals surface area contributed by atoms with Crippen LogP contribution in [0.4, 0.5) is 5.69 Å². The van der Waals surface area contributed by atoms with Gasteiger partial charge in [0, 0.05) is 13.1 Å². The number of aromatic nitrogens is 2. The van der Waals surface area contributed by atoms with Gasteiger partial charge in [0.2, 0.25) is 11.8 Å². The lowest BCUT2D eigenvalue weighted by Gasteiger charge is -2.18. The Morgan fingerprint density at radius 2 is 1.96 bits per heavy atom. The van der Waals surface area contributed by atoms with E-state index in [1.54, 1.807) is 22.9 Å². The maximum Gasteiger partial charge on any atom is 0.244 e. The molecule has 0 spiro atoms. The topological polar surface area (TPSA) is 94.5 Å². The molecular formula is C19H22N4O4. The molecule has 1 aliphatic rings. The summed E-state index contributed by atoms with van der Waals surface area (Å²) in [6.45, 7) is 4.59. The minimum atomic E-state index is -0.361. The predicted octanol–water partition coefficient (Wildman–Crippen LogP) is 1.58. The van der Waals surface area contributed by atoms with Gasteiger partial charge >= 0.3 is 0 Å². The number of hydrogen-bond donors (Lipinski definition) is 2. The molecule has 0 saturated carbocycles. The minimum Gasteiger partial charge on any atom is -0.486 e. The number of benzene rings is 1. The van der Waals surface area contributed by atoms with E-state index in [2.05, 4.69) is 15.7 Å². The Morgan fingerprint density at radius 1 is 1.22 bits per heavy atom. The highest BCUT2D eigenvalue weighted by Gasteiger charge is 2.13. The van der Waals surface area contributed by atoms with Crippen molar-refractivity contribution in [3.05, 3.63) is 41.2 Å². The zero-order valence-corrected chi connectivity index (χ0v) is 15.5. The monoisotopic (exact) mass is 370 g/mol. The Balaban J connectivity index is 1.52. The summed E-state index contributed by atoms with van der Waals surface area (Å²) in [5.74, 6) is 0.681. The molecule has 0 unspecified atom stereocenters. The maximum atomic E-state index is 12.0. The third-order valence-electron chi connectivity index (χ3n) is 4.19. The highest BCUT2D eigenvalue weighted by atomic mass is 16.6. The van der Waals surface area contributed by atoms with Crippen LogP contribution in [0.3, 0.4) is 0 Å². The maximum absolute atomic E-state index is 12.0. The number of carbonyl (C=O) groups is 2. The quantitative estimate of drug-likeness (QED) is 0.779. The molecule has 2 heterocycles. The van der Waals surface area contributed by atoms with Crippen LogP contribution in [0.2, 0.25) is 0 Å². The van der Waals surface area contributed by atoms with Crippen LogP contribution in [0.5, 0.6) is 11.5 Å². The molecule has 8 nitrogen and oxygen atoms in total. The van der Waals surface area contributed by atoms with Crippen molar-refractivity contribution in [2.75, 3.05) is 25.1 Å². The Hall–Kier alpha value is -3.29. The zero-order valence-electron chi connectivity index (χ0n) is 15.5. The summed E-state index contributed by atoms with van der Waals surface area (Å²) in [7, 11) is 1.81. The summed E-state index contributed by atoms with van der Waals surface area (Å²) >= 11 is 0. The fraction of sp³-hybridized carbons (Fsp3) is 0.316. The molecule has 0 fully saturated rings. The van der Waals surface area contributed by atoms with E-state index in [1.807, 2.05) is 27.0 Å². The van der Waals surface area contributed by atoms with E-state index in [9.17, 15) is 9.59 Å². The van der Waals surface area contributed by atoms with Crippen molar-refractivity contribution >= 4 is 23.6 Å². The van der Waals surface area contributed by atoms with Crippen LogP contribution >= 0.6 is 0 Å². The molecular weight excluding hydrogens is 348 g/mol. The molecule has 1 aromatic carbocycles. The molecule has 2 amide bonds. The second-order valence-corrected chi connectivity index (χ2v) is 6.17. The average Bonchev–Trinajstić information content (AvgIpc) is 2.90. The molecule has 0 bridgehead atoms. The molecule has 8 heteroatoms. The van der Waals surface area contributed by atoms with Crippen molar-refractivity contribution in [1.29, 1.82) is 0 Å². The number of carbonyl (C=O) groups excluding carboxylic acids is 2. The molecule has 2 aromatic rings. The van der Waals surface area contributed by atoms with Gasteiger partial charge in [-0.25, -0.2) is 0 Å². The number of anilines is 1.